The Kier molecular flexibility index (Phi) is 3.46. The zero-order valence-corrected chi connectivity index (χ0v) is 7.24. The standard InChI is InChI=1S/C9H9F4N/c10-2-1-8(14)9-6(12)3-5(11)4-7(9)13/h3-4,8H,1-2,14H2/t8-/m0/s1. The van der Waals surface area contributed by atoms with Crippen molar-refractivity contribution in [2.45, 2.75) is 12.5 Å². The fourth-order valence-electron chi connectivity index (χ4n) is 1.17. The molecule has 78 valence electrons. The molecule has 0 amide bonds. The molecule has 0 unspecified atom stereocenters. The highest BCUT2D eigenvalue weighted by Crippen LogP contribution is 2.22. The molecule has 0 aliphatic carbocycles. The third-order valence-corrected chi connectivity index (χ3v) is 1.83. The molecular weight excluding hydrogens is 198 g/mol. The van der Waals surface area contributed by atoms with E-state index in [0.717, 1.165) is 0 Å². The molecule has 5 heteroatoms. The molecule has 0 spiro atoms. The summed E-state index contributed by atoms with van der Waals surface area (Å²) in [6.45, 7) is -0.780. The Morgan fingerprint density at radius 3 is 2.07 bits per heavy atom. The van der Waals surface area contributed by atoms with Gasteiger partial charge in [-0.1, -0.05) is 0 Å². The zero-order chi connectivity index (χ0) is 10.7. The van der Waals surface area contributed by atoms with E-state index >= 15 is 0 Å². The molecule has 0 aliphatic heterocycles. The first-order chi connectivity index (χ1) is 6.56. The summed E-state index contributed by atoms with van der Waals surface area (Å²) in [6.07, 6.45) is -0.195. The van der Waals surface area contributed by atoms with Gasteiger partial charge in [0.1, 0.15) is 17.5 Å². The Balaban J connectivity index is 3.07. The molecule has 1 rings (SSSR count). The molecule has 0 heterocycles. The van der Waals surface area contributed by atoms with E-state index < -0.39 is 35.7 Å². The summed E-state index contributed by atoms with van der Waals surface area (Å²) in [5.41, 5.74) is 4.85. The molecule has 1 atom stereocenters. The van der Waals surface area contributed by atoms with Crippen LogP contribution in [0.2, 0.25) is 0 Å². The molecule has 0 aliphatic rings. The van der Waals surface area contributed by atoms with E-state index in [9.17, 15) is 17.6 Å². The van der Waals surface area contributed by atoms with E-state index in [-0.39, 0.29) is 6.42 Å². The normalized spacial score (nSPS) is 12.9. The van der Waals surface area contributed by atoms with Gasteiger partial charge in [-0.25, -0.2) is 13.2 Å². The van der Waals surface area contributed by atoms with Gasteiger partial charge in [-0.2, -0.15) is 0 Å². The number of benzene rings is 1. The minimum atomic E-state index is -1.08. The van der Waals surface area contributed by atoms with Crippen LogP contribution in [0.15, 0.2) is 12.1 Å². The smallest absolute Gasteiger partial charge is 0.133 e. The largest absolute Gasteiger partial charge is 0.324 e. The van der Waals surface area contributed by atoms with E-state index in [1.165, 1.54) is 0 Å². The Bertz CT molecular complexity index is 304. The lowest BCUT2D eigenvalue weighted by Crippen LogP contribution is -2.15. The second kappa shape index (κ2) is 4.41. The van der Waals surface area contributed by atoms with Crippen molar-refractivity contribution >= 4 is 0 Å². The Morgan fingerprint density at radius 2 is 1.64 bits per heavy atom. The number of rotatable bonds is 3. The van der Waals surface area contributed by atoms with Gasteiger partial charge in [0, 0.05) is 23.7 Å². The molecule has 1 aromatic rings. The average molecular weight is 207 g/mol. The van der Waals surface area contributed by atoms with Crippen LogP contribution < -0.4 is 5.73 Å². The van der Waals surface area contributed by atoms with Gasteiger partial charge in [-0.15, -0.1) is 0 Å². The van der Waals surface area contributed by atoms with Gasteiger partial charge in [0.25, 0.3) is 0 Å². The molecule has 2 N–H and O–H groups in total. The summed E-state index contributed by atoms with van der Waals surface area (Å²) in [6, 6.07) is -0.0342. The summed E-state index contributed by atoms with van der Waals surface area (Å²) < 4.78 is 50.3. The lowest BCUT2D eigenvalue weighted by atomic mass is 10.0. The van der Waals surface area contributed by atoms with Crippen LogP contribution in [0, 0.1) is 17.5 Å². The van der Waals surface area contributed by atoms with E-state index in [0.29, 0.717) is 12.1 Å². The monoisotopic (exact) mass is 207 g/mol. The minimum Gasteiger partial charge on any atom is -0.324 e. The number of hydrogen-bond acceptors (Lipinski definition) is 1. The highest BCUT2D eigenvalue weighted by Gasteiger charge is 2.17. The van der Waals surface area contributed by atoms with Gasteiger partial charge in [-0.3, -0.25) is 4.39 Å². The summed E-state index contributed by atoms with van der Waals surface area (Å²) in [5.74, 6) is -3.18. The van der Waals surface area contributed by atoms with Gasteiger partial charge in [0.15, 0.2) is 0 Å². The van der Waals surface area contributed by atoms with Crippen molar-refractivity contribution in [1.29, 1.82) is 0 Å². The van der Waals surface area contributed by atoms with Crippen molar-refractivity contribution in [3.05, 3.63) is 35.1 Å². The molecule has 0 saturated carbocycles. The fraction of sp³-hybridized carbons (Fsp3) is 0.333. The molecule has 14 heavy (non-hydrogen) atoms. The molecule has 0 bridgehead atoms. The minimum absolute atomic E-state index is 0.195. The van der Waals surface area contributed by atoms with Crippen molar-refractivity contribution in [2.24, 2.45) is 5.73 Å². The van der Waals surface area contributed by atoms with E-state index in [1.54, 1.807) is 0 Å². The molecule has 0 radical (unpaired) electrons. The highest BCUT2D eigenvalue weighted by molar-refractivity contribution is 5.23. The summed E-state index contributed by atoms with van der Waals surface area (Å²) in [5, 5.41) is 0. The van der Waals surface area contributed by atoms with Gasteiger partial charge >= 0.3 is 0 Å². The quantitative estimate of drug-likeness (QED) is 0.757. The van der Waals surface area contributed by atoms with E-state index in [1.807, 2.05) is 0 Å². The lowest BCUT2D eigenvalue weighted by Gasteiger charge is -2.11. The van der Waals surface area contributed by atoms with Crippen LogP contribution >= 0.6 is 0 Å². The van der Waals surface area contributed by atoms with Crippen LogP contribution in [0.3, 0.4) is 0 Å². The van der Waals surface area contributed by atoms with Gasteiger partial charge in [0.2, 0.25) is 0 Å². The number of alkyl halides is 1. The van der Waals surface area contributed by atoms with E-state index in [4.69, 9.17) is 5.73 Å². The fourth-order valence-corrected chi connectivity index (χ4v) is 1.17. The van der Waals surface area contributed by atoms with Crippen LogP contribution in [0.1, 0.15) is 18.0 Å². The number of hydrogen-bond donors (Lipinski definition) is 1. The zero-order valence-electron chi connectivity index (χ0n) is 7.24. The van der Waals surface area contributed by atoms with Crippen molar-refractivity contribution in [2.75, 3.05) is 6.67 Å². The maximum Gasteiger partial charge on any atom is 0.133 e. The summed E-state index contributed by atoms with van der Waals surface area (Å²) in [4.78, 5) is 0. The average Bonchev–Trinajstić information content (AvgIpc) is 2.01. The predicted octanol–water partition coefficient (Wildman–Crippen LogP) is 2.46. The van der Waals surface area contributed by atoms with Gasteiger partial charge in [-0.05, 0) is 6.42 Å². The second-order valence-corrected chi connectivity index (χ2v) is 2.87. The van der Waals surface area contributed by atoms with Crippen molar-refractivity contribution in [3.63, 3.8) is 0 Å². The topological polar surface area (TPSA) is 26.0 Å². The summed E-state index contributed by atoms with van der Waals surface area (Å²) >= 11 is 0. The van der Waals surface area contributed by atoms with Crippen molar-refractivity contribution in [3.8, 4) is 0 Å². The molecule has 0 saturated heterocycles. The Hall–Kier alpha value is -1.10. The van der Waals surface area contributed by atoms with Crippen LogP contribution in [-0.2, 0) is 0 Å². The Labute approximate surface area is 78.5 Å². The SMILES string of the molecule is N[C@@H](CCF)c1c(F)cc(F)cc1F. The van der Waals surface area contributed by atoms with Crippen molar-refractivity contribution in [1.82, 2.24) is 0 Å². The predicted molar refractivity (Wildman–Crippen MR) is 43.8 cm³/mol. The lowest BCUT2D eigenvalue weighted by molar-refractivity contribution is 0.423. The number of nitrogens with two attached hydrogens (primary N) is 1. The molecule has 1 aromatic carbocycles. The highest BCUT2D eigenvalue weighted by atomic mass is 19.1. The molecule has 0 aromatic heterocycles. The first-order valence-corrected chi connectivity index (χ1v) is 4.02. The van der Waals surface area contributed by atoms with Crippen LogP contribution in [0.5, 0.6) is 0 Å². The first-order valence-electron chi connectivity index (χ1n) is 4.02. The Morgan fingerprint density at radius 1 is 1.14 bits per heavy atom. The number of halogens is 4. The van der Waals surface area contributed by atoms with Gasteiger partial charge in [0.05, 0.1) is 6.67 Å². The molecular formula is C9H9F4N. The van der Waals surface area contributed by atoms with Crippen LogP contribution in [0.4, 0.5) is 17.6 Å². The second-order valence-electron chi connectivity index (χ2n) is 2.87. The first kappa shape index (κ1) is 11.0. The van der Waals surface area contributed by atoms with Crippen LogP contribution in [-0.4, -0.2) is 6.67 Å². The van der Waals surface area contributed by atoms with Crippen LogP contribution in [0.25, 0.3) is 0 Å². The van der Waals surface area contributed by atoms with Crippen molar-refractivity contribution < 1.29 is 17.6 Å². The molecule has 0 fully saturated rings. The third-order valence-electron chi connectivity index (χ3n) is 1.83. The maximum atomic E-state index is 13.0. The molecule has 1 nitrogen and oxygen atoms in total. The maximum absolute atomic E-state index is 13.0. The van der Waals surface area contributed by atoms with E-state index in [2.05, 4.69) is 0 Å². The van der Waals surface area contributed by atoms with Gasteiger partial charge < -0.3 is 5.73 Å². The summed E-state index contributed by atoms with van der Waals surface area (Å²) in [7, 11) is 0. The third kappa shape index (κ3) is 2.23.